The predicted molar refractivity (Wildman–Crippen MR) is 66.0 cm³/mol. The Labute approximate surface area is 107 Å². The van der Waals surface area contributed by atoms with Crippen molar-refractivity contribution in [1.29, 1.82) is 0 Å². The van der Waals surface area contributed by atoms with Gasteiger partial charge in [-0.15, -0.1) is 0 Å². The van der Waals surface area contributed by atoms with E-state index in [1.54, 1.807) is 16.8 Å². The van der Waals surface area contributed by atoms with Crippen LogP contribution in [0.15, 0.2) is 29.0 Å². The molecule has 2 rings (SSSR count). The van der Waals surface area contributed by atoms with Crippen LogP contribution in [0.4, 0.5) is 4.39 Å². The Morgan fingerprint density at radius 2 is 2.29 bits per heavy atom. The minimum Gasteiger partial charge on any atom is -0.313 e. The molecule has 0 saturated carbocycles. The van der Waals surface area contributed by atoms with Gasteiger partial charge in [-0.1, -0.05) is 6.07 Å². The van der Waals surface area contributed by atoms with E-state index >= 15 is 0 Å². The molecule has 0 amide bonds. The molecule has 0 spiro atoms. The molecule has 0 saturated heterocycles. The summed E-state index contributed by atoms with van der Waals surface area (Å²) in [6.07, 6.45) is 1.52. The minimum absolute atomic E-state index is 0.261. The summed E-state index contributed by atoms with van der Waals surface area (Å²) in [5.74, 6) is 0.593. The summed E-state index contributed by atoms with van der Waals surface area (Å²) in [6, 6.07) is 4.93. The van der Waals surface area contributed by atoms with Gasteiger partial charge in [0.1, 0.15) is 18.0 Å². The molecule has 1 heterocycles. The van der Waals surface area contributed by atoms with Crippen molar-refractivity contribution < 1.29 is 4.39 Å². The van der Waals surface area contributed by atoms with Crippen molar-refractivity contribution in [3.8, 4) is 0 Å². The lowest BCUT2D eigenvalue weighted by Crippen LogP contribution is -2.14. The summed E-state index contributed by atoms with van der Waals surface area (Å²) >= 11 is 3.17. The second-order valence-corrected chi connectivity index (χ2v) is 4.47. The highest BCUT2D eigenvalue weighted by Crippen LogP contribution is 2.17. The number of halogens is 2. The summed E-state index contributed by atoms with van der Waals surface area (Å²) in [7, 11) is 1.85. The summed E-state index contributed by atoms with van der Waals surface area (Å²) in [4.78, 5) is 4.15. The van der Waals surface area contributed by atoms with E-state index in [1.165, 1.54) is 12.4 Å². The zero-order chi connectivity index (χ0) is 12.3. The lowest BCUT2D eigenvalue weighted by atomic mass is 10.2. The molecule has 0 aliphatic heterocycles. The minimum atomic E-state index is -0.261. The van der Waals surface area contributed by atoms with Gasteiger partial charge in [0.05, 0.1) is 17.6 Å². The number of benzene rings is 1. The lowest BCUT2D eigenvalue weighted by molar-refractivity contribution is 0.604. The molecule has 0 aliphatic carbocycles. The van der Waals surface area contributed by atoms with Gasteiger partial charge in [0.15, 0.2) is 0 Å². The first-order chi connectivity index (χ1) is 8.20. The Hall–Kier alpha value is -1.27. The van der Waals surface area contributed by atoms with Crippen LogP contribution in [-0.2, 0) is 13.1 Å². The molecule has 17 heavy (non-hydrogen) atoms. The molecular weight excluding hydrogens is 287 g/mol. The van der Waals surface area contributed by atoms with Gasteiger partial charge in [-0.2, -0.15) is 5.10 Å². The van der Waals surface area contributed by atoms with E-state index in [0.717, 1.165) is 11.4 Å². The Bertz CT molecular complexity index is 512. The molecular formula is C11H12BrFN4. The standard InChI is InChI=1S/C11H12BrFN4/c1-14-5-11-15-7-16-17(11)6-8-2-3-10(13)9(12)4-8/h2-4,7,14H,5-6H2,1H3. The van der Waals surface area contributed by atoms with Crippen molar-refractivity contribution in [3.05, 3.63) is 46.2 Å². The van der Waals surface area contributed by atoms with Crippen LogP contribution in [0.1, 0.15) is 11.4 Å². The van der Waals surface area contributed by atoms with Gasteiger partial charge in [0.2, 0.25) is 0 Å². The van der Waals surface area contributed by atoms with E-state index < -0.39 is 0 Å². The van der Waals surface area contributed by atoms with Gasteiger partial charge in [0.25, 0.3) is 0 Å². The van der Waals surface area contributed by atoms with E-state index in [2.05, 4.69) is 31.3 Å². The van der Waals surface area contributed by atoms with Gasteiger partial charge in [0, 0.05) is 0 Å². The van der Waals surface area contributed by atoms with Gasteiger partial charge < -0.3 is 5.32 Å². The van der Waals surface area contributed by atoms with Crippen LogP contribution in [0.5, 0.6) is 0 Å². The average molecular weight is 299 g/mol. The predicted octanol–water partition coefficient (Wildman–Crippen LogP) is 1.95. The van der Waals surface area contributed by atoms with Crippen molar-refractivity contribution in [2.45, 2.75) is 13.1 Å². The van der Waals surface area contributed by atoms with E-state index in [0.29, 0.717) is 17.6 Å². The highest BCUT2D eigenvalue weighted by Gasteiger charge is 2.05. The fourth-order valence-corrected chi connectivity index (χ4v) is 1.95. The number of hydrogen-bond donors (Lipinski definition) is 1. The quantitative estimate of drug-likeness (QED) is 0.938. The van der Waals surface area contributed by atoms with Crippen LogP contribution in [0, 0.1) is 5.82 Å². The van der Waals surface area contributed by atoms with Crippen LogP contribution in [0.3, 0.4) is 0 Å². The van der Waals surface area contributed by atoms with Crippen molar-refractivity contribution >= 4 is 15.9 Å². The third-order valence-corrected chi connectivity index (χ3v) is 2.95. The largest absolute Gasteiger partial charge is 0.313 e. The van der Waals surface area contributed by atoms with Gasteiger partial charge in [-0.25, -0.2) is 14.1 Å². The van der Waals surface area contributed by atoms with Crippen LogP contribution < -0.4 is 5.32 Å². The SMILES string of the molecule is CNCc1ncnn1Cc1ccc(F)c(Br)c1. The molecule has 0 fully saturated rings. The Morgan fingerprint density at radius 3 is 3.00 bits per heavy atom. The summed E-state index contributed by atoms with van der Waals surface area (Å²) in [5, 5.41) is 7.16. The molecule has 0 bridgehead atoms. The molecule has 1 N–H and O–H groups in total. The maximum Gasteiger partial charge on any atom is 0.141 e. The van der Waals surface area contributed by atoms with Crippen LogP contribution in [0.25, 0.3) is 0 Å². The number of nitrogens with zero attached hydrogens (tertiary/aromatic N) is 3. The number of rotatable bonds is 4. The normalized spacial score (nSPS) is 10.8. The summed E-state index contributed by atoms with van der Waals surface area (Å²) < 4.78 is 15.3. The molecule has 0 unspecified atom stereocenters. The third kappa shape index (κ3) is 2.89. The fraction of sp³-hybridized carbons (Fsp3) is 0.273. The van der Waals surface area contributed by atoms with Crippen molar-refractivity contribution in [2.24, 2.45) is 0 Å². The summed E-state index contributed by atoms with van der Waals surface area (Å²) in [6.45, 7) is 1.23. The van der Waals surface area contributed by atoms with Crippen molar-refractivity contribution in [3.63, 3.8) is 0 Å². The number of hydrogen-bond acceptors (Lipinski definition) is 3. The Morgan fingerprint density at radius 1 is 1.47 bits per heavy atom. The molecule has 1 aromatic carbocycles. The van der Waals surface area contributed by atoms with Gasteiger partial charge in [-0.3, -0.25) is 0 Å². The van der Waals surface area contributed by atoms with Gasteiger partial charge >= 0.3 is 0 Å². The monoisotopic (exact) mass is 298 g/mol. The smallest absolute Gasteiger partial charge is 0.141 e. The molecule has 0 aliphatic rings. The Balaban J connectivity index is 2.19. The first-order valence-electron chi connectivity index (χ1n) is 5.16. The molecule has 6 heteroatoms. The highest BCUT2D eigenvalue weighted by atomic mass is 79.9. The number of nitrogens with one attached hydrogen (secondary N) is 1. The molecule has 0 radical (unpaired) electrons. The first-order valence-corrected chi connectivity index (χ1v) is 5.95. The first kappa shape index (κ1) is 12.2. The van der Waals surface area contributed by atoms with Crippen molar-refractivity contribution in [2.75, 3.05) is 7.05 Å². The number of aromatic nitrogens is 3. The van der Waals surface area contributed by atoms with E-state index in [9.17, 15) is 4.39 Å². The Kier molecular flexibility index (Phi) is 3.86. The lowest BCUT2D eigenvalue weighted by Gasteiger charge is -2.06. The zero-order valence-electron chi connectivity index (χ0n) is 9.32. The maximum absolute atomic E-state index is 13.1. The molecule has 2 aromatic rings. The van der Waals surface area contributed by atoms with Crippen LogP contribution >= 0.6 is 15.9 Å². The third-order valence-electron chi connectivity index (χ3n) is 2.35. The second kappa shape index (κ2) is 5.37. The van der Waals surface area contributed by atoms with E-state index in [-0.39, 0.29) is 5.82 Å². The van der Waals surface area contributed by atoms with Crippen LogP contribution in [0.2, 0.25) is 0 Å². The zero-order valence-corrected chi connectivity index (χ0v) is 10.9. The average Bonchev–Trinajstić information content (AvgIpc) is 2.72. The fourth-order valence-electron chi connectivity index (χ4n) is 1.53. The highest BCUT2D eigenvalue weighted by molar-refractivity contribution is 9.10. The summed E-state index contributed by atoms with van der Waals surface area (Å²) in [5.41, 5.74) is 0.973. The topological polar surface area (TPSA) is 42.7 Å². The van der Waals surface area contributed by atoms with E-state index in [1.807, 2.05) is 7.05 Å². The molecule has 90 valence electrons. The van der Waals surface area contributed by atoms with Crippen LogP contribution in [-0.4, -0.2) is 21.8 Å². The molecule has 4 nitrogen and oxygen atoms in total. The second-order valence-electron chi connectivity index (χ2n) is 3.61. The molecule has 1 aromatic heterocycles. The van der Waals surface area contributed by atoms with Gasteiger partial charge in [-0.05, 0) is 40.7 Å². The van der Waals surface area contributed by atoms with E-state index in [4.69, 9.17) is 0 Å². The van der Waals surface area contributed by atoms with Crippen molar-refractivity contribution in [1.82, 2.24) is 20.1 Å². The maximum atomic E-state index is 13.1. The molecule has 0 atom stereocenters.